The standard InChI is InChI=1S/C21H24N2O2S/c1-4-14(3)16-10-11-17-19(12-16)26-21(22-17)23-20(24)13-25-18-9-7-6-8-15(18)5-2/h6-12,14H,4-5,13H2,1-3H3,(H,22,23,24). The first-order chi connectivity index (χ1) is 12.6. The predicted molar refractivity (Wildman–Crippen MR) is 108 cm³/mol. The van der Waals surface area contributed by atoms with Crippen LogP contribution in [0.15, 0.2) is 42.5 Å². The molecule has 5 heteroatoms. The number of anilines is 1. The Morgan fingerprint density at radius 3 is 2.81 bits per heavy atom. The molecular formula is C21H24N2O2S. The minimum absolute atomic E-state index is 0.0228. The molecule has 1 amide bonds. The Kier molecular flexibility index (Phi) is 5.89. The summed E-state index contributed by atoms with van der Waals surface area (Å²) in [4.78, 5) is 16.7. The number of benzene rings is 2. The van der Waals surface area contributed by atoms with E-state index in [1.165, 1.54) is 16.9 Å². The van der Waals surface area contributed by atoms with E-state index in [-0.39, 0.29) is 12.5 Å². The zero-order chi connectivity index (χ0) is 18.5. The summed E-state index contributed by atoms with van der Waals surface area (Å²) in [5.74, 6) is 1.08. The molecule has 0 radical (unpaired) electrons. The fourth-order valence-electron chi connectivity index (χ4n) is 2.77. The third kappa shape index (κ3) is 4.22. The molecule has 2 aromatic carbocycles. The number of nitrogens with one attached hydrogen (secondary N) is 1. The maximum atomic E-state index is 12.2. The Labute approximate surface area is 158 Å². The Morgan fingerprint density at radius 2 is 2.04 bits per heavy atom. The Morgan fingerprint density at radius 1 is 1.23 bits per heavy atom. The summed E-state index contributed by atoms with van der Waals surface area (Å²) in [5.41, 5.74) is 3.31. The number of nitrogens with zero attached hydrogens (tertiary/aromatic N) is 1. The van der Waals surface area contributed by atoms with Gasteiger partial charge in [0.15, 0.2) is 11.7 Å². The van der Waals surface area contributed by atoms with E-state index in [0.717, 1.165) is 34.4 Å². The van der Waals surface area contributed by atoms with Crippen molar-refractivity contribution in [2.75, 3.05) is 11.9 Å². The van der Waals surface area contributed by atoms with Crippen LogP contribution in [0.4, 0.5) is 5.13 Å². The van der Waals surface area contributed by atoms with Gasteiger partial charge in [0.2, 0.25) is 0 Å². The van der Waals surface area contributed by atoms with Crippen LogP contribution in [0.3, 0.4) is 0 Å². The second-order valence-electron chi connectivity index (χ2n) is 6.35. The maximum absolute atomic E-state index is 12.2. The summed E-state index contributed by atoms with van der Waals surface area (Å²) < 4.78 is 6.76. The van der Waals surface area contributed by atoms with Gasteiger partial charge in [0.05, 0.1) is 10.2 Å². The lowest BCUT2D eigenvalue weighted by Crippen LogP contribution is -2.20. The van der Waals surface area contributed by atoms with E-state index in [0.29, 0.717) is 11.0 Å². The number of carbonyl (C=O) groups excluding carboxylic acids is 1. The third-order valence-electron chi connectivity index (χ3n) is 4.55. The number of aryl methyl sites for hydroxylation is 1. The molecule has 0 bridgehead atoms. The molecule has 0 aliphatic rings. The van der Waals surface area contributed by atoms with Crippen molar-refractivity contribution in [1.29, 1.82) is 0 Å². The molecule has 0 saturated carbocycles. The molecule has 3 rings (SSSR count). The average molecular weight is 369 g/mol. The fraction of sp³-hybridized carbons (Fsp3) is 0.333. The number of thiazole rings is 1. The molecule has 1 N–H and O–H groups in total. The molecule has 1 aromatic heterocycles. The van der Waals surface area contributed by atoms with Crippen LogP contribution < -0.4 is 10.1 Å². The predicted octanol–water partition coefficient (Wildman–Crippen LogP) is 5.39. The summed E-state index contributed by atoms with van der Waals surface area (Å²) >= 11 is 1.50. The van der Waals surface area contributed by atoms with Crippen molar-refractivity contribution in [3.05, 3.63) is 53.6 Å². The highest BCUT2D eigenvalue weighted by molar-refractivity contribution is 7.22. The number of hydrogen-bond donors (Lipinski definition) is 1. The van der Waals surface area contributed by atoms with Gasteiger partial charge in [0.1, 0.15) is 5.75 Å². The Bertz CT molecular complexity index is 904. The Hall–Kier alpha value is -2.40. The smallest absolute Gasteiger partial charge is 0.264 e. The number of fused-ring (bicyclic) bond motifs is 1. The molecule has 0 spiro atoms. The largest absolute Gasteiger partial charge is 0.483 e. The molecule has 1 atom stereocenters. The van der Waals surface area contributed by atoms with Gasteiger partial charge < -0.3 is 4.74 Å². The van der Waals surface area contributed by atoms with Crippen LogP contribution in [-0.4, -0.2) is 17.5 Å². The maximum Gasteiger partial charge on any atom is 0.264 e. The van der Waals surface area contributed by atoms with E-state index in [2.05, 4.69) is 43.2 Å². The van der Waals surface area contributed by atoms with Gasteiger partial charge in [-0.2, -0.15) is 0 Å². The second kappa shape index (κ2) is 8.32. The van der Waals surface area contributed by atoms with Gasteiger partial charge in [-0.15, -0.1) is 0 Å². The van der Waals surface area contributed by atoms with Gasteiger partial charge in [0.25, 0.3) is 5.91 Å². The first-order valence-corrected chi connectivity index (χ1v) is 9.83. The number of aromatic nitrogens is 1. The van der Waals surface area contributed by atoms with Crippen LogP contribution in [-0.2, 0) is 11.2 Å². The summed E-state index contributed by atoms with van der Waals surface area (Å²) in [6.45, 7) is 6.45. The topological polar surface area (TPSA) is 51.2 Å². The van der Waals surface area contributed by atoms with E-state index in [4.69, 9.17) is 4.74 Å². The number of ether oxygens (including phenoxy) is 1. The monoisotopic (exact) mass is 368 g/mol. The molecule has 136 valence electrons. The van der Waals surface area contributed by atoms with Gasteiger partial charge in [-0.3, -0.25) is 10.1 Å². The lowest BCUT2D eigenvalue weighted by atomic mass is 9.99. The molecule has 1 heterocycles. The first kappa shape index (κ1) is 18.4. The van der Waals surface area contributed by atoms with Crippen LogP contribution in [0.5, 0.6) is 5.75 Å². The molecule has 1 unspecified atom stereocenters. The Balaban J connectivity index is 1.65. The molecule has 26 heavy (non-hydrogen) atoms. The molecule has 3 aromatic rings. The molecule has 0 aliphatic heterocycles. The van der Waals surface area contributed by atoms with Crippen molar-refractivity contribution < 1.29 is 9.53 Å². The van der Waals surface area contributed by atoms with Crippen LogP contribution in [0.2, 0.25) is 0 Å². The fourth-order valence-corrected chi connectivity index (χ4v) is 3.70. The lowest BCUT2D eigenvalue weighted by Gasteiger charge is -2.09. The zero-order valence-electron chi connectivity index (χ0n) is 15.4. The molecule has 4 nitrogen and oxygen atoms in total. The first-order valence-electron chi connectivity index (χ1n) is 9.01. The van der Waals surface area contributed by atoms with Crippen LogP contribution in [0.1, 0.15) is 44.2 Å². The zero-order valence-corrected chi connectivity index (χ0v) is 16.2. The summed E-state index contributed by atoms with van der Waals surface area (Å²) in [7, 11) is 0. The van der Waals surface area contributed by atoms with Gasteiger partial charge in [0, 0.05) is 0 Å². The minimum atomic E-state index is -0.197. The third-order valence-corrected chi connectivity index (χ3v) is 5.49. The van der Waals surface area contributed by atoms with E-state index in [1.54, 1.807) is 0 Å². The van der Waals surface area contributed by atoms with Crippen LogP contribution >= 0.6 is 11.3 Å². The lowest BCUT2D eigenvalue weighted by molar-refractivity contribution is -0.118. The van der Waals surface area contributed by atoms with E-state index < -0.39 is 0 Å². The molecular weight excluding hydrogens is 344 g/mol. The van der Waals surface area contributed by atoms with Crippen molar-refractivity contribution in [3.63, 3.8) is 0 Å². The van der Waals surface area contributed by atoms with Gasteiger partial charge in [-0.25, -0.2) is 4.98 Å². The van der Waals surface area contributed by atoms with Crippen molar-refractivity contribution in [3.8, 4) is 5.75 Å². The van der Waals surface area contributed by atoms with Gasteiger partial charge >= 0.3 is 0 Å². The molecule has 0 fully saturated rings. The van der Waals surface area contributed by atoms with E-state index in [1.807, 2.05) is 30.3 Å². The molecule has 0 aliphatic carbocycles. The summed E-state index contributed by atoms with van der Waals surface area (Å²) in [6.07, 6.45) is 1.97. The normalized spacial score (nSPS) is 12.1. The number of hydrogen-bond acceptors (Lipinski definition) is 4. The number of para-hydroxylation sites is 1. The molecule has 0 saturated heterocycles. The van der Waals surface area contributed by atoms with Gasteiger partial charge in [-0.05, 0) is 48.1 Å². The quantitative estimate of drug-likeness (QED) is 0.608. The van der Waals surface area contributed by atoms with Crippen molar-refractivity contribution in [2.24, 2.45) is 0 Å². The number of carbonyl (C=O) groups is 1. The van der Waals surface area contributed by atoms with Crippen molar-refractivity contribution in [1.82, 2.24) is 4.98 Å². The SMILES string of the molecule is CCc1ccccc1OCC(=O)Nc1nc2ccc(C(C)CC)cc2s1. The number of rotatable bonds is 7. The highest BCUT2D eigenvalue weighted by Crippen LogP contribution is 2.30. The highest BCUT2D eigenvalue weighted by Gasteiger charge is 2.11. The van der Waals surface area contributed by atoms with Crippen LogP contribution in [0.25, 0.3) is 10.2 Å². The second-order valence-corrected chi connectivity index (χ2v) is 7.38. The van der Waals surface area contributed by atoms with E-state index >= 15 is 0 Å². The van der Waals surface area contributed by atoms with Crippen LogP contribution in [0, 0.1) is 0 Å². The highest BCUT2D eigenvalue weighted by atomic mass is 32.1. The van der Waals surface area contributed by atoms with Crippen molar-refractivity contribution >= 4 is 32.6 Å². The summed E-state index contributed by atoms with van der Waals surface area (Å²) in [6, 6.07) is 14.1. The average Bonchev–Trinajstić information content (AvgIpc) is 3.07. The van der Waals surface area contributed by atoms with Gasteiger partial charge in [-0.1, -0.05) is 56.4 Å². The number of amides is 1. The summed E-state index contributed by atoms with van der Waals surface area (Å²) in [5, 5.41) is 3.46. The van der Waals surface area contributed by atoms with Crippen molar-refractivity contribution in [2.45, 2.75) is 39.5 Å². The minimum Gasteiger partial charge on any atom is -0.483 e. The van der Waals surface area contributed by atoms with E-state index in [9.17, 15) is 4.79 Å².